The van der Waals surface area contributed by atoms with Crippen LogP contribution in [0.15, 0.2) is 24.3 Å². The third kappa shape index (κ3) is 3.18. The van der Waals surface area contributed by atoms with Crippen LogP contribution in [-0.4, -0.2) is 68.3 Å². The summed E-state index contributed by atoms with van der Waals surface area (Å²) in [6, 6.07) is 7.47. The van der Waals surface area contributed by atoms with Crippen LogP contribution in [0.3, 0.4) is 0 Å². The van der Waals surface area contributed by atoms with E-state index in [0.717, 1.165) is 36.9 Å². The first-order valence-electron chi connectivity index (χ1n) is 7.08. The number of anilines is 1. The highest BCUT2D eigenvalue weighted by molar-refractivity contribution is 7.91. The normalized spacial score (nSPS) is 29.7. The number of aliphatic hydroxyl groups excluding tert-OH is 1. The lowest BCUT2D eigenvalue weighted by Crippen LogP contribution is -2.53. The molecule has 2 saturated heterocycles. The number of para-hydroxylation sites is 1. The van der Waals surface area contributed by atoms with Crippen LogP contribution in [0.2, 0.25) is 5.02 Å². The summed E-state index contributed by atoms with van der Waals surface area (Å²) in [4.78, 5) is 4.29. The van der Waals surface area contributed by atoms with Crippen molar-refractivity contribution in [1.29, 1.82) is 0 Å². The first-order valence-corrected chi connectivity index (χ1v) is 9.28. The molecule has 7 heteroatoms. The van der Waals surface area contributed by atoms with Gasteiger partial charge in [0.2, 0.25) is 0 Å². The Morgan fingerprint density at radius 3 is 2.33 bits per heavy atom. The van der Waals surface area contributed by atoms with Crippen LogP contribution in [0.1, 0.15) is 0 Å². The van der Waals surface area contributed by atoms with Crippen LogP contribution in [0.5, 0.6) is 0 Å². The van der Waals surface area contributed by atoms with Crippen molar-refractivity contribution in [2.45, 2.75) is 12.1 Å². The molecule has 2 fully saturated rings. The monoisotopic (exact) mass is 330 g/mol. The van der Waals surface area contributed by atoms with Gasteiger partial charge in [-0.25, -0.2) is 8.42 Å². The van der Waals surface area contributed by atoms with E-state index in [0.29, 0.717) is 0 Å². The third-order valence-corrected chi connectivity index (χ3v) is 6.29. The molecular weight excluding hydrogens is 312 g/mol. The van der Waals surface area contributed by atoms with E-state index in [1.54, 1.807) is 0 Å². The van der Waals surface area contributed by atoms with Gasteiger partial charge < -0.3 is 10.0 Å². The molecule has 0 bridgehead atoms. The maximum Gasteiger partial charge on any atom is 0.154 e. The Morgan fingerprint density at radius 2 is 1.76 bits per heavy atom. The highest BCUT2D eigenvalue weighted by Crippen LogP contribution is 2.27. The summed E-state index contributed by atoms with van der Waals surface area (Å²) in [5, 5.41) is 10.7. The minimum Gasteiger partial charge on any atom is -0.390 e. The number of halogens is 1. The topological polar surface area (TPSA) is 60.9 Å². The minimum absolute atomic E-state index is 0.0697. The van der Waals surface area contributed by atoms with Crippen molar-refractivity contribution in [3.8, 4) is 0 Å². The van der Waals surface area contributed by atoms with Crippen molar-refractivity contribution in [3.05, 3.63) is 29.3 Å². The molecule has 2 aliphatic heterocycles. The van der Waals surface area contributed by atoms with Gasteiger partial charge in [-0.1, -0.05) is 23.7 Å². The fraction of sp³-hybridized carbons (Fsp3) is 0.571. The molecule has 0 spiro atoms. The Morgan fingerprint density at radius 1 is 1.10 bits per heavy atom. The molecule has 5 nitrogen and oxygen atoms in total. The van der Waals surface area contributed by atoms with Gasteiger partial charge in [0.25, 0.3) is 0 Å². The minimum atomic E-state index is -3.09. The third-order valence-electron chi connectivity index (χ3n) is 4.27. The second-order valence-corrected chi connectivity index (χ2v) is 8.25. The van der Waals surface area contributed by atoms with E-state index in [2.05, 4.69) is 9.80 Å². The Kier molecular flexibility index (Phi) is 4.14. The van der Waals surface area contributed by atoms with Crippen LogP contribution < -0.4 is 4.90 Å². The van der Waals surface area contributed by atoms with Gasteiger partial charge in [-0.2, -0.15) is 0 Å². The Bertz CT molecular complexity index is 614. The molecule has 0 unspecified atom stereocenters. The molecule has 2 heterocycles. The van der Waals surface area contributed by atoms with E-state index in [4.69, 9.17) is 11.6 Å². The van der Waals surface area contributed by atoms with Crippen LogP contribution in [0, 0.1) is 0 Å². The molecule has 2 aliphatic rings. The van der Waals surface area contributed by atoms with Crippen LogP contribution in [-0.2, 0) is 9.84 Å². The number of benzene rings is 1. The van der Waals surface area contributed by atoms with Crippen molar-refractivity contribution < 1.29 is 13.5 Å². The summed E-state index contributed by atoms with van der Waals surface area (Å²) in [5.41, 5.74) is 1.01. The molecule has 1 aromatic carbocycles. The van der Waals surface area contributed by atoms with E-state index < -0.39 is 15.9 Å². The van der Waals surface area contributed by atoms with E-state index in [-0.39, 0.29) is 17.5 Å². The van der Waals surface area contributed by atoms with Crippen molar-refractivity contribution in [2.75, 3.05) is 42.6 Å². The number of rotatable bonds is 2. The van der Waals surface area contributed by atoms with Gasteiger partial charge in [-0.15, -0.1) is 0 Å². The summed E-state index contributed by atoms with van der Waals surface area (Å²) in [6.07, 6.45) is -0.762. The first-order chi connectivity index (χ1) is 9.96. The molecule has 3 rings (SSSR count). The largest absolute Gasteiger partial charge is 0.390 e. The predicted molar refractivity (Wildman–Crippen MR) is 83.7 cm³/mol. The van der Waals surface area contributed by atoms with Gasteiger partial charge in [0.1, 0.15) is 0 Å². The fourth-order valence-electron chi connectivity index (χ4n) is 3.16. The molecule has 0 aromatic heterocycles. The molecule has 2 atom stereocenters. The zero-order valence-electron chi connectivity index (χ0n) is 11.7. The second-order valence-electron chi connectivity index (χ2n) is 5.69. The number of aliphatic hydroxyl groups is 1. The maximum absolute atomic E-state index is 11.6. The standard InChI is InChI=1S/C14H19ClN2O3S/c15-11-3-1-2-4-12(11)16-5-7-17(8-6-16)13-9-21(19,20)10-14(13)18/h1-4,13-14,18H,5-10H2/t13-,14+/m0/s1. The molecule has 0 amide bonds. The highest BCUT2D eigenvalue weighted by Gasteiger charge is 2.40. The van der Waals surface area contributed by atoms with Crippen molar-refractivity contribution >= 4 is 27.1 Å². The highest BCUT2D eigenvalue weighted by atomic mass is 35.5. The van der Waals surface area contributed by atoms with Crippen molar-refractivity contribution in [2.24, 2.45) is 0 Å². The van der Waals surface area contributed by atoms with Crippen LogP contribution >= 0.6 is 11.6 Å². The smallest absolute Gasteiger partial charge is 0.154 e. The van der Waals surface area contributed by atoms with Gasteiger partial charge in [-0.3, -0.25) is 4.90 Å². The molecular formula is C14H19ClN2O3S. The number of nitrogens with zero attached hydrogens (tertiary/aromatic N) is 2. The molecule has 1 N–H and O–H groups in total. The van der Waals surface area contributed by atoms with Gasteiger partial charge in [-0.05, 0) is 12.1 Å². The first kappa shape index (κ1) is 15.1. The van der Waals surface area contributed by atoms with Crippen molar-refractivity contribution in [3.63, 3.8) is 0 Å². The number of piperazine rings is 1. The Labute approximate surface area is 130 Å². The van der Waals surface area contributed by atoms with Gasteiger partial charge in [0.05, 0.1) is 34.4 Å². The summed E-state index contributed by atoms with van der Waals surface area (Å²) in [6.45, 7) is 3.05. The molecule has 116 valence electrons. The SMILES string of the molecule is O=S1(=O)C[C@@H](O)[C@@H](N2CCN(c3ccccc3Cl)CC2)C1. The quantitative estimate of drug-likeness (QED) is 0.861. The summed E-state index contributed by atoms with van der Waals surface area (Å²) in [7, 11) is -3.09. The lowest BCUT2D eigenvalue weighted by Gasteiger charge is -2.39. The summed E-state index contributed by atoms with van der Waals surface area (Å²) in [5.74, 6) is -0.0390. The van der Waals surface area contributed by atoms with Crippen molar-refractivity contribution in [1.82, 2.24) is 4.90 Å². The van der Waals surface area contributed by atoms with Crippen LogP contribution in [0.4, 0.5) is 5.69 Å². The predicted octanol–water partition coefficient (Wildman–Crippen LogP) is 0.620. The zero-order valence-corrected chi connectivity index (χ0v) is 13.2. The van der Waals surface area contributed by atoms with E-state index in [1.165, 1.54) is 0 Å². The maximum atomic E-state index is 11.6. The van der Waals surface area contributed by atoms with Gasteiger partial charge >= 0.3 is 0 Å². The van der Waals surface area contributed by atoms with E-state index in [9.17, 15) is 13.5 Å². The fourth-order valence-corrected chi connectivity index (χ4v) is 5.25. The summed E-state index contributed by atoms with van der Waals surface area (Å²) >= 11 is 6.21. The number of hydrogen-bond donors (Lipinski definition) is 1. The second kappa shape index (κ2) is 5.76. The average molecular weight is 331 g/mol. The van der Waals surface area contributed by atoms with Crippen LogP contribution in [0.25, 0.3) is 0 Å². The molecule has 0 radical (unpaired) electrons. The molecule has 0 saturated carbocycles. The zero-order chi connectivity index (χ0) is 15.0. The average Bonchev–Trinajstić information content (AvgIpc) is 2.73. The van der Waals surface area contributed by atoms with Gasteiger partial charge in [0.15, 0.2) is 9.84 Å². The lowest BCUT2D eigenvalue weighted by atomic mass is 10.1. The Hall–Kier alpha value is -0.820. The van der Waals surface area contributed by atoms with Gasteiger partial charge in [0, 0.05) is 26.2 Å². The van der Waals surface area contributed by atoms with E-state index in [1.807, 2.05) is 24.3 Å². The Balaban J connectivity index is 1.65. The number of hydrogen-bond acceptors (Lipinski definition) is 5. The molecule has 1 aromatic rings. The number of sulfone groups is 1. The lowest BCUT2D eigenvalue weighted by molar-refractivity contribution is 0.0793. The summed E-state index contributed by atoms with van der Waals surface area (Å²) < 4.78 is 23.2. The molecule has 21 heavy (non-hydrogen) atoms. The molecule has 0 aliphatic carbocycles. The van der Waals surface area contributed by atoms with E-state index >= 15 is 0 Å².